The first kappa shape index (κ1) is 15.9. The van der Waals surface area contributed by atoms with Gasteiger partial charge in [-0.25, -0.2) is 8.42 Å². The first-order valence-corrected chi connectivity index (χ1v) is 9.03. The van der Waals surface area contributed by atoms with E-state index < -0.39 is 10.0 Å². The van der Waals surface area contributed by atoms with Gasteiger partial charge < -0.3 is 5.32 Å². The van der Waals surface area contributed by atoms with Gasteiger partial charge in [-0.05, 0) is 59.9 Å². The monoisotopic (exact) mass is 360 g/mol. The molecule has 0 aromatic heterocycles. The maximum atomic E-state index is 12.8. The number of rotatable bonds is 5. The van der Waals surface area contributed by atoms with Gasteiger partial charge in [0.25, 0.3) is 0 Å². The van der Waals surface area contributed by atoms with Gasteiger partial charge in [-0.15, -0.1) is 0 Å². The molecular formula is C14H21BrN2O2S. The van der Waals surface area contributed by atoms with Gasteiger partial charge in [0.1, 0.15) is 0 Å². The summed E-state index contributed by atoms with van der Waals surface area (Å²) < 4.78 is 27.7. The van der Waals surface area contributed by atoms with Crippen LogP contribution < -0.4 is 5.32 Å². The Morgan fingerprint density at radius 2 is 2.05 bits per heavy atom. The molecule has 1 N–H and O–H groups in total. The topological polar surface area (TPSA) is 49.4 Å². The molecule has 1 fully saturated rings. The van der Waals surface area contributed by atoms with E-state index in [2.05, 4.69) is 21.2 Å². The number of nitrogens with one attached hydrogen (secondary N) is 1. The van der Waals surface area contributed by atoms with Gasteiger partial charge in [-0.3, -0.25) is 0 Å². The molecule has 1 saturated carbocycles. The van der Waals surface area contributed by atoms with E-state index in [1.165, 1.54) is 4.31 Å². The molecule has 6 heteroatoms. The fraction of sp³-hybridized carbons (Fsp3) is 0.571. The number of nitrogens with zero attached hydrogens (tertiary/aromatic N) is 1. The molecule has 0 heterocycles. The van der Waals surface area contributed by atoms with E-state index >= 15 is 0 Å². The second kappa shape index (κ2) is 6.13. The first-order valence-electron chi connectivity index (χ1n) is 6.79. The Balaban J connectivity index is 2.44. The van der Waals surface area contributed by atoms with Crippen molar-refractivity contribution in [1.29, 1.82) is 0 Å². The van der Waals surface area contributed by atoms with Crippen molar-refractivity contribution in [2.45, 2.75) is 43.7 Å². The van der Waals surface area contributed by atoms with E-state index in [9.17, 15) is 8.42 Å². The van der Waals surface area contributed by atoms with Crippen LogP contribution in [-0.4, -0.2) is 32.9 Å². The molecule has 0 atom stereocenters. The predicted octanol–water partition coefficient (Wildman–Crippen LogP) is 2.65. The van der Waals surface area contributed by atoms with Gasteiger partial charge in [0.2, 0.25) is 10.0 Å². The number of halogens is 1. The lowest BCUT2D eigenvalue weighted by Gasteiger charge is -2.34. The highest BCUT2D eigenvalue weighted by atomic mass is 79.9. The summed E-state index contributed by atoms with van der Waals surface area (Å²) in [4.78, 5) is 0.372. The van der Waals surface area contributed by atoms with Crippen LogP contribution in [0.15, 0.2) is 21.5 Å². The molecule has 0 radical (unpaired) electrons. The molecule has 20 heavy (non-hydrogen) atoms. The lowest BCUT2D eigenvalue weighted by molar-refractivity contribution is 0.249. The van der Waals surface area contributed by atoms with Crippen LogP contribution in [0, 0.1) is 6.92 Å². The van der Waals surface area contributed by atoms with Crippen LogP contribution in [0.4, 0.5) is 0 Å². The SMILES string of the molecule is CNCc1cc(C)c(Br)c(S(=O)(=O)N(C)C2CCC2)c1. The Kier molecular flexibility index (Phi) is 4.89. The summed E-state index contributed by atoms with van der Waals surface area (Å²) in [6, 6.07) is 3.92. The summed E-state index contributed by atoms with van der Waals surface area (Å²) in [6.07, 6.45) is 3.04. The number of hydrogen-bond acceptors (Lipinski definition) is 3. The summed E-state index contributed by atoms with van der Waals surface area (Å²) in [6.45, 7) is 2.58. The molecule has 0 aliphatic heterocycles. The minimum atomic E-state index is -3.43. The first-order chi connectivity index (χ1) is 9.37. The van der Waals surface area contributed by atoms with Crippen molar-refractivity contribution < 1.29 is 8.42 Å². The minimum absolute atomic E-state index is 0.153. The Hall–Kier alpha value is -0.430. The Morgan fingerprint density at radius 1 is 1.40 bits per heavy atom. The molecule has 0 amide bonds. The van der Waals surface area contributed by atoms with Crippen molar-refractivity contribution >= 4 is 26.0 Å². The fourth-order valence-electron chi connectivity index (χ4n) is 2.40. The summed E-state index contributed by atoms with van der Waals surface area (Å²) in [5.41, 5.74) is 1.92. The largest absolute Gasteiger partial charge is 0.316 e. The van der Waals surface area contributed by atoms with E-state index in [-0.39, 0.29) is 6.04 Å². The maximum Gasteiger partial charge on any atom is 0.244 e. The number of aryl methyl sites for hydroxylation is 1. The normalized spacial score (nSPS) is 16.4. The van der Waals surface area contributed by atoms with Crippen LogP contribution in [0.5, 0.6) is 0 Å². The van der Waals surface area contributed by atoms with E-state index in [0.717, 1.165) is 30.4 Å². The van der Waals surface area contributed by atoms with Crippen LogP contribution in [0.1, 0.15) is 30.4 Å². The van der Waals surface area contributed by atoms with Crippen molar-refractivity contribution in [3.63, 3.8) is 0 Å². The second-order valence-electron chi connectivity index (χ2n) is 5.36. The average Bonchev–Trinajstić information content (AvgIpc) is 2.31. The van der Waals surface area contributed by atoms with Gasteiger partial charge >= 0.3 is 0 Å². The Labute approximate surface area is 129 Å². The summed E-state index contributed by atoms with van der Waals surface area (Å²) >= 11 is 3.43. The summed E-state index contributed by atoms with van der Waals surface area (Å²) in [7, 11) is 0.105. The lowest BCUT2D eigenvalue weighted by atomic mass is 9.94. The standard InChI is InChI=1S/C14H21BrN2O2S/c1-10-7-11(9-16-2)8-13(14(10)15)20(18,19)17(3)12-5-4-6-12/h7-8,12,16H,4-6,9H2,1-3H3. The number of benzene rings is 1. The van der Waals surface area contributed by atoms with Gasteiger partial charge in [-0.1, -0.05) is 12.5 Å². The smallest absolute Gasteiger partial charge is 0.244 e. The predicted molar refractivity (Wildman–Crippen MR) is 84.2 cm³/mol. The molecular weight excluding hydrogens is 340 g/mol. The highest BCUT2D eigenvalue weighted by molar-refractivity contribution is 9.10. The molecule has 0 saturated heterocycles. The molecule has 1 aliphatic rings. The third-order valence-corrected chi connectivity index (χ3v) is 7.16. The lowest BCUT2D eigenvalue weighted by Crippen LogP contribution is -2.41. The van der Waals surface area contributed by atoms with E-state index in [4.69, 9.17) is 0 Å². The zero-order valence-corrected chi connectivity index (χ0v) is 14.5. The average molecular weight is 361 g/mol. The zero-order valence-electron chi connectivity index (χ0n) is 12.1. The van der Waals surface area contributed by atoms with Crippen molar-refractivity contribution in [1.82, 2.24) is 9.62 Å². The van der Waals surface area contributed by atoms with E-state index in [1.54, 1.807) is 13.1 Å². The zero-order chi connectivity index (χ0) is 14.9. The quantitative estimate of drug-likeness (QED) is 0.877. The van der Waals surface area contributed by atoms with Crippen molar-refractivity contribution in [2.75, 3.05) is 14.1 Å². The van der Waals surface area contributed by atoms with Gasteiger partial charge in [0.05, 0.1) is 4.90 Å². The van der Waals surface area contributed by atoms with Gasteiger partial charge in [0.15, 0.2) is 0 Å². The van der Waals surface area contributed by atoms with Crippen LogP contribution in [0.2, 0.25) is 0 Å². The molecule has 1 aromatic rings. The van der Waals surface area contributed by atoms with Crippen molar-refractivity contribution in [3.05, 3.63) is 27.7 Å². The van der Waals surface area contributed by atoms with Gasteiger partial charge in [-0.2, -0.15) is 4.31 Å². The second-order valence-corrected chi connectivity index (χ2v) is 8.12. The van der Waals surface area contributed by atoms with Crippen LogP contribution in [0.25, 0.3) is 0 Å². The van der Waals surface area contributed by atoms with E-state index in [1.807, 2.05) is 20.0 Å². The van der Waals surface area contributed by atoms with Crippen molar-refractivity contribution in [3.8, 4) is 0 Å². The van der Waals surface area contributed by atoms with Crippen LogP contribution in [0.3, 0.4) is 0 Å². The fourth-order valence-corrected chi connectivity index (χ4v) is 4.85. The van der Waals surface area contributed by atoms with Crippen molar-refractivity contribution in [2.24, 2.45) is 0 Å². The maximum absolute atomic E-state index is 12.8. The molecule has 4 nitrogen and oxygen atoms in total. The van der Waals surface area contributed by atoms with Crippen LogP contribution >= 0.6 is 15.9 Å². The van der Waals surface area contributed by atoms with E-state index in [0.29, 0.717) is 15.9 Å². The third-order valence-electron chi connectivity index (χ3n) is 3.91. The molecule has 2 rings (SSSR count). The van der Waals surface area contributed by atoms with Gasteiger partial charge in [0, 0.05) is 24.1 Å². The highest BCUT2D eigenvalue weighted by Gasteiger charge is 2.33. The van der Waals surface area contributed by atoms with Crippen LogP contribution in [-0.2, 0) is 16.6 Å². The Morgan fingerprint density at radius 3 is 2.55 bits per heavy atom. The Bertz CT molecular complexity index is 597. The highest BCUT2D eigenvalue weighted by Crippen LogP contribution is 2.33. The molecule has 1 aliphatic carbocycles. The third kappa shape index (κ3) is 2.93. The number of hydrogen-bond donors (Lipinski definition) is 1. The minimum Gasteiger partial charge on any atom is -0.316 e. The summed E-state index contributed by atoms with van der Waals surface area (Å²) in [5.74, 6) is 0. The molecule has 112 valence electrons. The molecule has 1 aromatic carbocycles. The number of sulfonamides is 1. The molecule has 0 unspecified atom stereocenters. The summed E-state index contributed by atoms with van der Waals surface area (Å²) in [5, 5.41) is 3.06. The molecule has 0 bridgehead atoms. The molecule has 0 spiro atoms.